The van der Waals surface area contributed by atoms with Crippen LogP contribution in [0.5, 0.6) is 0 Å². The molecule has 2 heterocycles. The normalized spacial score (nSPS) is 16.1. The second-order valence-corrected chi connectivity index (χ2v) is 6.80. The molecule has 0 radical (unpaired) electrons. The van der Waals surface area contributed by atoms with Gasteiger partial charge in [0.25, 0.3) is 5.91 Å². The largest absolute Gasteiger partial charge is 0.416 e. The van der Waals surface area contributed by atoms with Crippen LogP contribution in [0, 0.1) is 0 Å². The van der Waals surface area contributed by atoms with Crippen LogP contribution in [-0.2, 0) is 17.5 Å². The first-order valence-electron chi connectivity index (χ1n) is 9.09. The second kappa shape index (κ2) is 7.62. The van der Waals surface area contributed by atoms with Crippen molar-refractivity contribution in [2.75, 3.05) is 5.32 Å². The topological polar surface area (TPSA) is 84.7 Å². The van der Waals surface area contributed by atoms with Crippen molar-refractivity contribution < 1.29 is 18.0 Å². The zero-order valence-electron chi connectivity index (χ0n) is 15.8. The summed E-state index contributed by atoms with van der Waals surface area (Å²) < 4.78 is 40.3. The van der Waals surface area contributed by atoms with Crippen LogP contribution in [0.15, 0.2) is 65.9 Å². The molecule has 1 atom stereocenters. The molecule has 1 aromatic heterocycles. The fourth-order valence-electron chi connectivity index (χ4n) is 3.34. The zero-order valence-corrected chi connectivity index (χ0v) is 15.8. The summed E-state index contributed by atoms with van der Waals surface area (Å²) in [5.74, 6) is -0.0630. The number of amides is 1. The molecule has 1 aliphatic heterocycles. The van der Waals surface area contributed by atoms with Crippen LogP contribution in [0.1, 0.15) is 29.7 Å². The minimum absolute atomic E-state index is 0.303. The van der Waals surface area contributed by atoms with Gasteiger partial charge in [-0.15, -0.1) is 0 Å². The van der Waals surface area contributed by atoms with Crippen molar-refractivity contribution in [3.8, 4) is 0 Å². The Morgan fingerprint density at radius 1 is 1.13 bits per heavy atom. The SMILES string of the molecule is CC1=C(C(=O)NCc2ccccc2)C(c2ccc(C(F)(F)F)cc2)n2nnnc2N1. The number of fused-ring (bicyclic) bond motifs is 1. The molecule has 0 aliphatic carbocycles. The number of hydrogen-bond donors (Lipinski definition) is 2. The van der Waals surface area contributed by atoms with E-state index < -0.39 is 17.8 Å². The molecule has 10 heteroatoms. The number of benzene rings is 2. The van der Waals surface area contributed by atoms with Crippen molar-refractivity contribution in [1.82, 2.24) is 25.5 Å². The minimum Gasteiger partial charge on any atom is -0.348 e. The number of tetrazole rings is 1. The number of rotatable bonds is 4. The molecule has 7 nitrogen and oxygen atoms in total. The van der Waals surface area contributed by atoms with Crippen molar-refractivity contribution in [3.05, 3.63) is 82.6 Å². The first-order chi connectivity index (χ1) is 14.3. The van der Waals surface area contributed by atoms with Crippen molar-refractivity contribution >= 4 is 11.9 Å². The molecule has 154 valence electrons. The van der Waals surface area contributed by atoms with Crippen molar-refractivity contribution in [2.45, 2.75) is 25.7 Å². The van der Waals surface area contributed by atoms with E-state index in [1.54, 1.807) is 6.92 Å². The molecule has 0 saturated heterocycles. The first kappa shape index (κ1) is 19.6. The van der Waals surface area contributed by atoms with Crippen LogP contribution in [0.3, 0.4) is 0 Å². The summed E-state index contributed by atoms with van der Waals surface area (Å²) in [5, 5.41) is 17.2. The Balaban J connectivity index is 1.67. The molecule has 0 spiro atoms. The monoisotopic (exact) mass is 414 g/mol. The van der Waals surface area contributed by atoms with E-state index in [1.165, 1.54) is 16.8 Å². The predicted octanol–water partition coefficient (Wildman–Crippen LogP) is 3.30. The van der Waals surface area contributed by atoms with Gasteiger partial charge in [0.15, 0.2) is 0 Å². The molecule has 0 saturated carbocycles. The first-order valence-corrected chi connectivity index (χ1v) is 9.09. The molecule has 2 aromatic carbocycles. The lowest BCUT2D eigenvalue weighted by molar-refractivity contribution is -0.137. The Hall–Kier alpha value is -3.69. The van der Waals surface area contributed by atoms with Gasteiger partial charge in [0, 0.05) is 12.2 Å². The molecule has 3 aromatic rings. The number of carbonyl (C=O) groups is 1. The third-order valence-electron chi connectivity index (χ3n) is 4.81. The van der Waals surface area contributed by atoms with Gasteiger partial charge in [-0.1, -0.05) is 47.6 Å². The average molecular weight is 414 g/mol. The number of carbonyl (C=O) groups excluding carboxylic acids is 1. The highest BCUT2D eigenvalue weighted by molar-refractivity contribution is 5.96. The minimum atomic E-state index is -4.45. The van der Waals surface area contributed by atoms with Crippen LogP contribution >= 0.6 is 0 Å². The number of allylic oxidation sites excluding steroid dienone is 1. The maximum atomic E-state index is 13.1. The van der Waals surface area contributed by atoms with E-state index in [1.807, 2.05) is 30.3 Å². The van der Waals surface area contributed by atoms with Gasteiger partial charge in [-0.2, -0.15) is 17.9 Å². The van der Waals surface area contributed by atoms with E-state index in [4.69, 9.17) is 0 Å². The number of nitrogens with zero attached hydrogens (tertiary/aromatic N) is 4. The van der Waals surface area contributed by atoms with Gasteiger partial charge >= 0.3 is 6.18 Å². The van der Waals surface area contributed by atoms with E-state index in [0.717, 1.165) is 17.7 Å². The highest BCUT2D eigenvalue weighted by atomic mass is 19.4. The maximum absolute atomic E-state index is 13.1. The fraction of sp³-hybridized carbons (Fsp3) is 0.200. The fourth-order valence-corrected chi connectivity index (χ4v) is 3.34. The van der Waals surface area contributed by atoms with Crippen molar-refractivity contribution in [3.63, 3.8) is 0 Å². The van der Waals surface area contributed by atoms with Crippen molar-refractivity contribution in [1.29, 1.82) is 0 Å². The van der Waals surface area contributed by atoms with E-state index in [0.29, 0.717) is 29.3 Å². The predicted molar refractivity (Wildman–Crippen MR) is 102 cm³/mol. The Kier molecular flexibility index (Phi) is 4.98. The van der Waals surface area contributed by atoms with E-state index in [-0.39, 0.29) is 5.91 Å². The molecule has 1 amide bonds. The summed E-state index contributed by atoms with van der Waals surface area (Å²) in [4.78, 5) is 13.1. The molecular weight excluding hydrogens is 397 g/mol. The summed E-state index contributed by atoms with van der Waals surface area (Å²) in [6, 6.07) is 13.2. The van der Waals surface area contributed by atoms with E-state index >= 15 is 0 Å². The number of alkyl halides is 3. The van der Waals surface area contributed by atoms with Crippen molar-refractivity contribution in [2.24, 2.45) is 0 Å². The third-order valence-corrected chi connectivity index (χ3v) is 4.81. The summed E-state index contributed by atoms with van der Waals surface area (Å²) >= 11 is 0. The number of nitrogens with one attached hydrogen (secondary N) is 2. The van der Waals surface area contributed by atoms with Gasteiger partial charge in [0.1, 0.15) is 6.04 Å². The lowest BCUT2D eigenvalue weighted by Gasteiger charge is -2.28. The van der Waals surface area contributed by atoms with Gasteiger partial charge in [-0.25, -0.2) is 0 Å². The summed E-state index contributed by atoms with van der Waals surface area (Å²) in [6.45, 7) is 2.01. The van der Waals surface area contributed by atoms with E-state index in [2.05, 4.69) is 26.2 Å². The third kappa shape index (κ3) is 3.76. The van der Waals surface area contributed by atoms with Crippen LogP contribution in [0.4, 0.5) is 19.1 Å². The quantitative estimate of drug-likeness (QED) is 0.684. The van der Waals surface area contributed by atoms with Crippen LogP contribution in [0.2, 0.25) is 0 Å². The van der Waals surface area contributed by atoms with E-state index in [9.17, 15) is 18.0 Å². The standard InChI is InChI=1S/C20H17F3N6O/c1-12-16(18(30)24-11-13-5-3-2-4-6-13)17(29-19(25-12)26-27-28-29)14-7-9-15(10-8-14)20(21,22)23/h2-10,17H,11H2,1H3,(H,24,30)(H,25,26,28). The molecule has 1 unspecified atom stereocenters. The van der Waals surface area contributed by atoms with Crippen LogP contribution in [-0.4, -0.2) is 26.1 Å². The smallest absolute Gasteiger partial charge is 0.348 e. The lowest BCUT2D eigenvalue weighted by Crippen LogP contribution is -2.35. The summed E-state index contributed by atoms with van der Waals surface area (Å²) in [7, 11) is 0. The Labute approximate surface area is 169 Å². The van der Waals surface area contributed by atoms with Gasteiger partial charge in [0.05, 0.1) is 11.1 Å². The van der Waals surface area contributed by atoms with Crippen LogP contribution in [0.25, 0.3) is 0 Å². The highest BCUT2D eigenvalue weighted by Crippen LogP contribution is 2.36. The number of hydrogen-bond acceptors (Lipinski definition) is 5. The summed E-state index contributed by atoms with van der Waals surface area (Å²) in [5.41, 5.74) is 1.45. The molecule has 1 aliphatic rings. The Morgan fingerprint density at radius 3 is 2.50 bits per heavy atom. The van der Waals surface area contributed by atoms with Crippen LogP contribution < -0.4 is 10.6 Å². The average Bonchev–Trinajstić information content (AvgIpc) is 3.19. The van der Waals surface area contributed by atoms with Gasteiger partial charge < -0.3 is 10.6 Å². The Bertz CT molecular complexity index is 1090. The van der Waals surface area contributed by atoms with Gasteiger partial charge in [-0.3, -0.25) is 4.79 Å². The number of halogens is 3. The summed E-state index contributed by atoms with van der Waals surface area (Å²) in [6.07, 6.45) is -4.45. The van der Waals surface area contributed by atoms with Gasteiger partial charge in [-0.05, 0) is 40.6 Å². The molecule has 30 heavy (non-hydrogen) atoms. The molecule has 0 fully saturated rings. The highest BCUT2D eigenvalue weighted by Gasteiger charge is 2.35. The molecular formula is C20H17F3N6O. The molecule has 0 bridgehead atoms. The number of anilines is 1. The maximum Gasteiger partial charge on any atom is 0.416 e. The van der Waals surface area contributed by atoms with Gasteiger partial charge in [0.2, 0.25) is 5.95 Å². The molecule has 2 N–H and O–H groups in total. The zero-order chi connectivity index (χ0) is 21.3. The Morgan fingerprint density at radius 2 is 1.83 bits per heavy atom. The number of aromatic nitrogens is 4. The second-order valence-electron chi connectivity index (χ2n) is 6.80. The molecule has 4 rings (SSSR count). The lowest BCUT2D eigenvalue weighted by atomic mass is 9.94.